The maximum atomic E-state index is 12.6. The molecule has 1 N–H and O–H groups in total. The Balaban J connectivity index is 1.73. The van der Waals surface area contributed by atoms with E-state index in [4.69, 9.17) is 4.74 Å². The number of anilines is 2. The molecule has 0 aromatic heterocycles. The summed E-state index contributed by atoms with van der Waals surface area (Å²) >= 11 is 0. The molecule has 2 aliphatic heterocycles. The van der Waals surface area contributed by atoms with Crippen molar-refractivity contribution in [3.63, 3.8) is 0 Å². The van der Waals surface area contributed by atoms with Crippen LogP contribution in [0.3, 0.4) is 0 Å². The number of hydrogen-bond donors (Lipinski definition) is 1. The molecule has 1 aromatic rings. The van der Waals surface area contributed by atoms with Crippen LogP contribution in [0.1, 0.15) is 45.6 Å². The summed E-state index contributed by atoms with van der Waals surface area (Å²) in [5.74, 6) is 0.0434. The minimum atomic E-state index is -0.310. The number of rotatable bonds is 3. The highest BCUT2D eigenvalue weighted by molar-refractivity contribution is 6.00. The lowest BCUT2D eigenvalue weighted by atomic mass is 9.92. The Morgan fingerprint density at radius 1 is 1.33 bits per heavy atom. The Kier molecular flexibility index (Phi) is 4.63. The standard InChI is InChI=1S/C19H26N2O3/c1-19(2,3)12-17(22)20-14-7-6-13-8-9-21(15(13)11-14)18(23)16-5-4-10-24-16/h6-7,11,16H,4-5,8-10,12H2,1-3H3,(H,20,22). The van der Waals surface area contributed by atoms with Gasteiger partial charge in [0.2, 0.25) is 5.91 Å². The first kappa shape index (κ1) is 17.0. The fourth-order valence-corrected chi connectivity index (χ4v) is 3.32. The van der Waals surface area contributed by atoms with E-state index in [1.807, 2.05) is 43.9 Å². The molecule has 2 amide bonds. The van der Waals surface area contributed by atoms with Gasteiger partial charge in [0.05, 0.1) is 0 Å². The number of fused-ring (bicyclic) bond motifs is 1. The van der Waals surface area contributed by atoms with Crippen molar-refractivity contribution >= 4 is 23.2 Å². The van der Waals surface area contributed by atoms with Gasteiger partial charge in [0.1, 0.15) is 6.10 Å². The van der Waals surface area contributed by atoms with E-state index < -0.39 is 0 Å². The van der Waals surface area contributed by atoms with Gasteiger partial charge < -0.3 is 15.0 Å². The molecule has 0 spiro atoms. The second kappa shape index (κ2) is 6.55. The topological polar surface area (TPSA) is 58.6 Å². The van der Waals surface area contributed by atoms with Gasteiger partial charge >= 0.3 is 0 Å². The molecule has 130 valence electrons. The summed E-state index contributed by atoms with van der Waals surface area (Å²) in [7, 11) is 0. The highest BCUT2D eigenvalue weighted by atomic mass is 16.5. The van der Waals surface area contributed by atoms with E-state index in [0.717, 1.165) is 36.2 Å². The molecule has 0 saturated carbocycles. The number of hydrogen-bond acceptors (Lipinski definition) is 3. The molecule has 1 saturated heterocycles. The zero-order chi connectivity index (χ0) is 17.3. The minimum absolute atomic E-state index is 0.00236. The van der Waals surface area contributed by atoms with Crippen LogP contribution in [0, 0.1) is 5.41 Å². The molecule has 1 fully saturated rings. The van der Waals surface area contributed by atoms with E-state index in [9.17, 15) is 9.59 Å². The molecule has 1 atom stereocenters. The van der Waals surface area contributed by atoms with Crippen LogP contribution in [0.5, 0.6) is 0 Å². The minimum Gasteiger partial charge on any atom is -0.368 e. The van der Waals surface area contributed by atoms with Gasteiger partial charge in [0, 0.05) is 30.9 Å². The first-order chi connectivity index (χ1) is 11.3. The van der Waals surface area contributed by atoms with Gasteiger partial charge in [-0.25, -0.2) is 0 Å². The van der Waals surface area contributed by atoms with E-state index in [1.165, 1.54) is 0 Å². The molecular formula is C19H26N2O3. The zero-order valence-corrected chi connectivity index (χ0v) is 14.7. The maximum Gasteiger partial charge on any atom is 0.256 e. The number of nitrogens with zero attached hydrogens (tertiary/aromatic N) is 1. The van der Waals surface area contributed by atoms with Crippen LogP contribution in [0.2, 0.25) is 0 Å². The maximum absolute atomic E-state index is 12.6. The van der Waals surface area contributed by atoms with Crippen molar-refractivity contribution in [2.45, 2.75) is 52.6 Å². The van der Waals surface area contributed by atoms with Crippen molar-refractivity contribution in [2.24, 2.45) is 5.41 Å². The molecule has 1 aromatic carbocycles. The number of carbonyl (C=O) groups is 2. The second-order valence-corrected chi connectivity index (χ2v) is 7.87. The molecule has 24 heavy (non-hydrogen) atoms. The summed E-state index contributed by atoms with van der Waals surface area (Å²) in [5.41, 5.74) is 2.75. The van der Waals surface area contributed by atoms with E-state index in [1.54, 1.807) is 0 Å². The number of benzene rings is 1. The van der Waals surface area contributed by atoms with Crippen LogP contribution >= 0.6 is 0 Å². The Bertz CT molecular complexity index is 643. The van der Waals surface area contributed by atoms with Crippen LogP contribution < -0.4 is 10.2 Å². The quantitative estimate of drug-likeness (QED) is 0.926. The second-order valence-electron chi connectivity index (χ2n) is 7.87. The fraction of sp³-hybridized carbons (Fsp3) is 0.579. The highest BCUT2D eigenvalue weighted by Gasteiger charge is 2.32. The van der Waals surface area contributed by atoms with E-state index in [0.29, 0.717) is 19.6 Å². The Morgan fingerprint density at radius 2 is 2.12 bits per heavy atom. The summed E-state index contributed by atoms with van der Waals surface area (Å²) in [4.78, 5) is 26.6. The molecule has 5 heteroatoms. The van der Waals surface area contributed by atoms with E-state index in [-0.39, 0.29) is 23.3 Å². The molecule has 2 aliphatic rings. The van der Waals surface area contributed by atoms with Crippen molar-refractivity contribution in [1.82, 2.24) is 0 Å². The first-order valence-corrected chi connectivity index (χ1v) is 8.69. The average molecular weight is 330 g/mol. The lowest BCUT2D eigenvalue weighted by Crippen LogP contribution is -2.37. The van der Waals surface area contributed by atoms with Gasteiger partial charge in [-0.05, 0) is 42.4 Å². The average Bonchev–Trinajstić information content (AvgIpc) is 3.14. The Hall–Kier alpha value is -1.88. The predicted molar refractivity (Wildman–Crippen MR) is 94.2 cm³/mol. The van der Waals surface area contributed by atoms with Crippen molar-refractivity contribution in [1.29, 1.82) is 0 Å². The van der Waals surface area contributed by atoms with Crippen LogP contribution in [0.4, 0.5) is 11.4 Å². The lowest BCUT2D eigenvalue weighted by Gasteiger charge is -2.22. The van der Waals surface area contributed by atoms with Crippen LogP contribution in [-0.4, -0.2) is 31.1 Å². The van der Waals surface area contributed by atoms with Gasteiger partial charge in [-0.3, -0.25) is 9.59 Å². The van der Waals surface area contributed by atoms with Gasteiger partial charge in [0.25, 0.3) is 5.91 Å². The summed E-state index contributed by atoms with van der Waals surface area (Å²) in [6, 6.07) is 5.83. The molecule has 3 rings (SSSR count). The van der Waals surface area contributed by atoms with Crippen LogP contribution in [0.15, 0.2) is 18.2 Å². The first-order valence-electron chi connectivity index (χ1n) is 8.69. The SMILES string of the molecule is CC(C)(C)CC(=O)Nc1ccc2c(c1)N(C(=O)C1CCCO1)CC2. The van der Waals surface area contributed by atoms with Crippen molar-refractivity contribution in [3.8, 4) is 0 Å². The summed E-state index contributed by atoms with van der Waals surface area (Å²) < 4.78 is 5.53. The summed E-state index contributed by atoms with van der Waals surface area (Å²) in [5, 5.41) is 2.95. The third-order valence-corrected chi connectivity index (χ3v) is 4.43. The molecule has 5 nitrogen and oxygen atoms in total. The molecule has 0 radical (unpaired) electrons. The van der Waals surface area contributed by atoms with E-state index >= 15 is 0 Å². The molecule has 1 unspecified atom stereocenters. The third-order valence-electron chi connectivity index (χ3n) is 4.43. The highest BCUT2D eigenvalue weighted by Crippen LogP contribution is 2.33. The number of carbonyl (C=O) groups excluding carboxylic acids is 2. The van der Waals surface area contributed by atoms with Gasteiger partial charge in [0.15, 0.2) is 0 Å². The Labute approximate surface area is 143 Å². The fourth-order valence-electron chi connectivity index (χ4n) is 3.32. The number of ether oxygens (including phenoxy) is 1. The third kappa shape index (κ3) is 3.78. The zero-order valence-electron chi connectivity index (χ0n) is 14.7. The van der Waals surface area contributed by atoms with E-state index in [2.05, 4.69) is 5.32 Å². The Morgan fingerprint density at radius 3 is 2.79 bits per heavy atom. The largest absolute Gasteiger partial charge is 0.368 e. The molecular weight excluding hydrogens is 304 g/mol. The predicted octanol–water partition coefficient (Wildman–Crippen LogP) is 3.13. The number of amides is 2. The normalized spacial score (nSPS) is 20.1. The molecule has 2 heterocycles. The smallest absolute Gasteiger partial charge is 0.256 e. The molecule has 0 aliphatic carbocycles. The van der Waals surface area contributed by atoms with Crippen LogP contribution in [0.25, 0.3) is 0 Å². The summed E-state index contributed by atoms with van der Waals surface area (Å²) in [6.45, 7) is 7.47. The van der Waals surface area contributed by atoms with Gasteiger partial charge in [-0.2, -0.15) is 0 Å². The van der Waals surface area contributed by atoms with Gasteiger partial charge in [-0.15, -0.1) is 0 Å². The van der Waals surface area contributed by atoms with Gasteiger partial charge in [-0.1, -0.05) is 26.8 Å². The monoisotopic (exact) mass is 330 g/mol. The van der Waals surface area contributed by atoms with Crippen molar-refractivity contribution < 1.29 is 14.3 Å². The van der Waals surface area contributed by atoms with Crippen molar-refractivity contribution in [3.05, 3.63) is 23.8 Å². The number of nitrogens with one attached hydrogen (secondary N) is 1. The lowest BCUT2D eigenvalue weighted by molar-refractivity contribution is -0.127. The van der Waals surface area contributed by atoms with Crippen molar-refractivity contribution in [2.75, 3.05) is 23.4 Å². The summed E-state index contributed by atoms with van der Waals surface area (Å²) in [6.07, 6.45) is 2.74. The van der Waals surface area contributed by atoms with Crippen LogP contribution in [-0.2, 0) is 20.7 Å². The molecule has 0 bridgehead atoms.